The van der Waals surface area contributed by atoms with Gasteiger partial charge in [-0.3, -0.25) is 14.6 Å². The number of fused-ring (bicyclic) bond motifs is 1. The Bertz CT molecular complexity index is 1310. The standard InChI is InChI=1S/C28H28N4O3S/c1-35-20-4-2-3-19(13-20)22-14-23(22)25(33)16-31-28-24(15-29)21-9-12-32(17-26(21)36-28)27(34)6-5-18-7-10-30-11-8-18/h2-4,7-8,10-11,13,22-23,31H,5-6,9,12,14,16-17H2,1H3. The van der Waals surface area contributed by atoms with Crippen molar-refractivity contribution in [3.63, 3.8) is 0 Å². The maximum Gasteiger partial charge on any atom is 0.223 e. The van der Waals surface area contributed by atoms with Crippen LogP contribution in [0.1, 0.15) is 45.9 Å². The zero-order valence-electron chi connectivity index (χ0n) is 20.2. The molecule has 7 nitrogen and oxygen atoms in total. The molecular weight excluding hydrogens is 472 g/mol. The number of thiophene rings is 1. The van der Waals surface area contributed by atoms with Crippen LogP contribution < -0.4 is 10.1 Å². The van der Waals surface area contributed by atoms with E-state index in [4.69, 9.17) is 4.74 Å². The number of aromatic nitrogens is 1. The van der Waals surface area contributed by atoms with E-state index in [0.29, 0.717) is 37.9 Å². The Morgan fingerprint density at radius 1 is 1.28 bits per heavy atom. The molecule has 1 aliphatic carbocycles. The largest absolute Gasteiger partial charge is 0.497 e. The molecule has 2 aliphatic rings. The topological polar surface area (TPSA) is 95.3 Å². The van der Waals surface area contributed by atoms with Crippen molar-refractivity contribution < 1.29 is 14.3 Å². The zero-order chi connectivity index (χ0) is 25.1. The lowest BCUT2D eigenvalue weighted by molar-refractivity contribution is -0.132. The van der Waals surface area contributed by atoms with Gasteiger partial charge in [0.2, 0.25) is 5.91 Å². The molecule has 36 heavy (non-hydrogen) atoms. The molecule has 1 saturated carbocycles. The number of nitrogens with one attached hydrogen (secondary N) is 1. The minimum atomic E-state index is -0.00163. The Morgan fingerprint density at radius 3 is 2.89 bits per heavy atom. The Balaban J connectivity index is 1.18. The molecule has 8 heteroatoms. The number of hydrogen-bond donors (Lipinski definition) is 1. The maximum absolute atomic E-state index is 12.9. The molecule has 1 aliphatic heterocycles. The van der Waals surface area contributed by atoms with Crippen LogP contribution >= 0.6 is 11.3 Å². The van der Waals surface area contributed by atoms with Crippen LogP contribution in [0.5, 0.6) is 5.75 Å². The predicted molar refractivity (Wildman–Crippen MR) is 138 cm³/mol. The van der Waals surface area contributed by atoms with Gasteiger partial charge in [0.1, 0.15) is 16.8 Å². The van der Waals surface area contributed by atoms with Gasteiger partial charge in [0.25, 0.3) is 0 Å². The van der Waals surface area contributed by atoms with Gasteiger partial charge in [0.05, 0.1) is 25.8 Å². The van der Waals surface area contributed by atoms with Crippen molar-refractivity contribution in [2.45, 2.75) is 38.1 Å². The quantitative estimate of drug-likeness (QED) is 0.470. The normalized spacial score (nSPS) is 18.2. The molecule has 1 fully saturated rings. The van der Waals surface area contributed by atoms with Crippen molar-refractivity contribution in [3.05, 3.63) is 75.9 Å². The van der Waals surface area contributed by atoms with Crippen molar-refractivity contribution >= 4 is 28.0 Å². The lowest BCUT2D eigenvalue weighted by Gasteiger charge is -2.27. The minimum Gasteiger partial charge on any atom is -0.497 e. The highest BCUT2D eigenvalue weighted by Crippen LogP contribution is 2.48. The highest BCUT2D eigenvalue weighted by atomic mass is 32.1. The van der Waals surface area contributed by atoms with Gasteiger partial charge in [0.15, 0.2) is 5.78 Å². The van der Waals surface area contributed by atoms with E-state index in [1.807, 2.05) is 41.3 Å². The molecule has 2 unspecified atom stereocenters. The number of rotatable bonds is 9. The molecule has 0 radical (unpaired) electrons. The monoisotopic (exact) mass is 500 g/mol. The second-order valence-corrected chi connectivity index (χ2v) is 10.4. The van der Waals surface area contributed by atoms with E-state index in [9.17, 15) is 14.9 Å². The molecule has 0 bridgehead atoms. The fourth-order valence-electron chi connectivity index (χ4n) is 4.91. The van der Waals surface area contributed by atoms with Gasteiger partial charge in [0, 0.05) is 36.2 Å². The van der Waals surface area contributed by atoms with Gasteiger partial charge in [-0.1, -0.05) is 12.1 Å². The molecule has 3 heterocycles. The Labute approximate surface area is 214 Å². The molecule has 184 valence electrons. The third kappa shape index (κ3) is 5.12. The van der Waals surface area contributed by atoms with E-state index in [0.717, 1.165) is 38.7 Å². The van der Waals surface area contributed by atoms with E-state index >= 15 is 0 Å². The van der Waals surface area contributed by atoms with Crippen LogP contribution in [0, 0.1) is 17.2 Å². The maximum atomic E-state index is 12.9. The number of anilines is 1. The van der Waals surface area contributed by atoms with Crippen molar-refractivity contribution in [3.8, 4) is 11.8 Å². The number of carbonyl (C=O) groups is 2. The third-order valence-corrected chi connectivity index (χ3v) is 8.22. The molecule has 1 N–H and O–H groups in total. The van der Waals surface area contributed by atoms with Crippen LogP contribution in [0.25, 0.3) is 0 Å². The number of Topliss-reactive ketones (excluding diaryl/α,β-unsaturated/α-hetero) is 1. The van der Waals surface area contributed by atoms with E-state index in [1.54, 1.807) is 19.5 Å². The number of hydrogen-bond acceptors (Lipinski definition) is 7. The van der Waals surface area contributed by atoms with E-state index in [-0.39, 0.29) is 30.1 Å². The number of ether oxygens (including phenoxy) is 1. The summed E-state index contributed by atoms with van der Waals surface area (Å²) in [5.74, 6) is 1.31. The van der Waals surface area contributed by atoms with E-state index in [2.05, 4.69) is 16.4 Å². The lowest BCUT2D eigenvalue weighted by Crippen LogP contribution is -2.35. The smallest absolute Gasteiger partial charge is 0.223 e. The van der Waals surface area contributed by atoms with Gasteiger partial charge in [-0.05, 0) is 66.1 Å². The second kappa shape index (κ2) is 10.5. The summed E-state index contributed by atoms with van der Waals surface area (Å²) >= 11 is 1.49. The number of nitrogens with zero attached hydrogens (tertiary/aromatic N) is 3. The number of benzene rings is 1. The van der Waals surface area contributed by atoms with Crippen molar-refractivity contribution in [2.24, 2.45) is 5.92 Å². The van der Waals surface area contributed by atoms with Gasteiger partial charge < -0.3 is 15.0 Å². The summed E-state index contributed by atoms with van der Waals surface area (Å²) in [6.45, 7) is 1.32. The number of aryl methyl sites for hydroxylation is 1. The number of ketones is 1. The average Bonchev–Trinajstić information content (AvgIpc) is 3.65. The number of carbonyl (C=O) groups excluding carboxylic acids is 2. The summed E-state index contributed by atoms with van der Waals surface area (Å²) in [4.78, 5) is 32.6. The first-order chi connectivity index (χ1) is 17.6. The first kappa shape index (κ1) is 24.0. The van der Waals surface area contributed by atoms with Crippen LogP contribution in [0.2, 0.25) is 0 Å². The van der Waals surface area contributed by atoms with Crippen LogP contribution in [-0.2, 0) is 29.0 Å². The molecule has 1 amide bonds. The molecule has 1 aromatic carbocycles. The van der Waals surface area contributed by atoms with Crippen LogP contribution in [0.4, 0.5) is 5.00 Å². The summed E-state index contributed by atoms with van der Waals surface area (Å²) in [6, 6.07) is 14.1. The highest BCUT2D eigenvalue weighted by molar-refractivity contribution is 7.16. The summed E-state index contributed by atoms with van der Waals surface area (Å²) < 4.78 is 5.30. The Kier molecular flexibility index (Phi) is 7.01. The summed E-state index contributed by atoms with van der Waals surface area (Å²) in [7, 11) is 1.64. The zero-order valence-corrected chi connectivity index (χ0v) is 21.0. The molecule has 0 saturated heterocycles. The van der Waals surface area contributed by atoms with Crippen LogP contribution in [0.3, 0.4) is 0 Å². The Morgan fingerprint density at radius 2 is 2.11 bits per heavy atom. The lowest BCUT2D eigenvalue weighted by atomic mass is 10.0. The summed E-state index contributed by atoms with van der Waals surface area (Å²) in [5.41, 5.74) is 3.85. The highest BCUT2D eigenvalue weighted by Gasteiger charge is 2.43. The van der Waals surface area contributed by atoms with Gasteiger partial charge in [-0.2, -0.15) is 5.26 Å². The van der Waals surface area contributed by atoms with E-state index < -0.39 is 0 Å². The SMILES string of the molecule is COc1cccc(C2CC2C(=O)CNc2sc3c(c2C#N)CCN(C(=O)CCc2ccncc2)C3)c1. The minimum absolute atomic E-state index is 0.00163. The summed E-state index contributed by atoms with van der Waals surface area (Å²) in [5, 5.41) is 13.8. The van der Waals surface area contributed by atoms with Gasteiger partial charge in [-0.15, -0.1) is 11.3 Å². The Hall–Kier alpha value is -3.70. The molecular formula is C28H28N4O3S. The van der Waals surface area contributed by atoms with Crippen LogP contribution in [0.15, 0.2) is 48.8 Å². The molecule has 5 rings (SSSR count). The third-order valence-electron chi connectivity index (χ3n) is 7.05. The molecule has 0 spiro atoms. The predicted octanol–water partition coefficient (Wildman–Crippen LogP) is 4.33. The van der Waals surface area contributed by atoms with Crippen LogP contribution in [-0.4, -0.2) is 41.8 Å². The number of pyridine rings is 1. The number of methoxy groups -OCH3 is 1. The first-order valence-electron chi connectivity index (χ1n) is 12.2. The average molecular weight is 501 g/mol. The second-order valence-electron chi connectivity index (χ2n) is 9.29. The fraction of sp³-hybridized carbons (Fsp3) is 0.357. The van der Waals surface area contributed by atoms with Crippen molar-refractivity contribution in [1.82, 2.24) is 9.88 Å². The van der Waals surface area contributed by atoms with Crippen molar-refractivity contribution in [1.29, 1.82) is 5.26 Å². The molecule has 2 aromatic heterocycles. The fourth-order valence-corrected chi connectivity index (χ4v) is 6.12. The summed E-state index contributed by atoms with van der Waals surface area (Å²) in [6.07, 6.45) is 6.12. The molecule has 3 aromatic rings. The number of nitriles is 1. The van der Waals surface area contributed by atoms with Gasteiger partial charge >= 0.3 is 0 Å². The van der Waals surface area contributed by atoms with E-state index in [1.165, 1.54) is 11.3 Å². The molecule has 2 atom stereocenters. The van der Waals surface area contributed by atoms with Gasteiger partial charge in [-0.25, -0.2) is 0 Å². The first-order valence-corrected chi connectivity index (χ1v) is 13.0. The number of amides is 1. The van der Waals surface area contributed by atoms with Crippen molar-refractivity contribution in [2.75, 3.05) is 25.5 Å².